The van der Waals surface area contributed by atoms with Gasteiger partial charge in [-0.25, -0.2) is 0 Å². The molecule has 0 atom stereocenters. The first-order chi connectivity index (χ1) is 27.2. The molecule has 3 heteroatoms. The van der Waals surface area contributed by atoms with Crippen molar-refractivity contribution in [3.8, 4) is 22.3 Å². The Hall–Kier alpha value is -7.10. The molecule has 0 spiro atoms. The molecule has 11 rings (SSSR count). The number of benzene rings is 8. The summed E-state index contributed by atoms with van der Waals surface area (Å²) >= 11 is 0. The fraction of sp³-hybridized carbons (Fsp3) is 0.0385. The van der Waals surface area contributed by atoms with Gasteiger partial charge in [0.2, 0.25) is 0 Å². The summed E-state index contributed by atoms with van der Waals surface area (Å²) in [4.78, 5) is 2.34. The first-order valence-electron chi connectivity index (χ1n) is 19.0. The molecule has 8 aromatic carbocycles. The lowest BCUT2D eigenvalue weighted by atomic mass is 9.94. The second-order valence-electron chi connectivity index (χ2n) is 14.4. The van der Waals surface area contributed by atoms with E-state index in [1.54, 1.807) is 0 Å². The minimum absolute atomic E-state index is 0.881. The number of para-hydroxylation sites is 1. The van der Waals surface area contributed by atoms with Crippen LogP contribution >= 0.6 is 0 Å². The van der Waals surface area contributed by atoms with Gasteiger partial charge in [-0.3, -0.25) is 0 Å². The van der Waals surface area contributed by atoms with Crippen molar-refractivity contribution in [1.82, 2.24) is 0 Å². The Morgan fingerprint density at radius 3 is 1.96 bits per heavy atom. The van der Waals surface area contributed by atoms with E-state index in [2.05, 4.69) is 181 Å². The molecular formula is C52H35NO2. The van der Waals surface area contributed by atoms with Crippen LogP contribution in [0.4, 0.5) is 17.1 Å². The van der Waals surface area contributed by atoms with Crippen LogP contribution < -0.4 is 4.90 Å². The number of fused-ring (bicyclic) bond motifs is 8. The van der Waals surface area contributed by atoms with Crippen molar-refractivity contribution in [2.75, 3.05) is 4.90 Å². The number of hydrogen-bond acceptors (Lipinski definition) is 3. The monoisotopic (exact) mass is 705 g/mol. The molecule has 2 aromatic heterocycles. The molecule has 260 valence electrons. The van der Waals surface area contributed by atoms with E-state index in [0.29, 0.717) is 0 Å². The third-order valence-corrected chi connectivity index (χ3v) is 11.1. The van der Waals surface area contributed by atoms with Gasteiger partial charge in [-0.15, -0.1) is 0 Å². The van der Waals surface area contributed by atoms with E-state index in [-0.39, 0.29) is 0 Å². The van der Waals surface area contributed by atoms with Gasteiger partial charge in [-0.05, 0) is 118 Å². The maximum absolute atomic E-state index is 6.67. The highest BCUT2D eigenvalue weighted by Gasteiger charge is 2.19. The highest BCUT2D eigenvalue weighted by atomic mass is 16.3. The smallest absolute Gasteiger partial charge is 0.143 e. The lowest BCUT2D eigenvalue weighted by molar-refractivity contribution is 0.669. The molecule has 10 aromatic rings. The number of furan rings is 2. The van der Waals surface area contributed by atoms with Crippen LogP contribution in [0.3, 0.4) is 0 Å². The normalized spacial score (nSPS) is 13.0. The van der Waals surface area contributed by atoms with Crippen molar-refractivity contribution in [2.45, 2.75) is 12.8 Å². The van der Waals surface area contributed by atoms with E-state index in [1.807, 2.05) is 12.1 Å². The van der Waals surface area contributed by atoms with Crippen LogP contribution in [-0.2, 0) is 0 Å². The molecule has 0 aliphatic heterocycles. The molecule has 0 bridgehead atoms. The van der Waals surface area contributed by atoms with Gasteiger partial charge >= 0.3 is 0 Å². The van der Waals surface area contributed by atoms with Crippen LogP contribution in [0.1, 0.15) is 18.4 Å². The maximum atomic E-state index is 6.67. The third-order valence-electron chi connectivity index (χ3n) is 11.1. The van der Waals surface area contributed by atoms with Crippen molar-refractivity contribution in [3.63, 3.8) is 0 Å². The minimum atomic E-state index is 0.881. The van der Waals surface area contributed by atoms with Gasteiger partial charge in [0.1, 0.15) is 22.3 Å². The van der Waals surface area contributed by atoms with Gasteiger partial charge in [0.25, 0.3) is 0 Å². The van der Waals surface area contributed by atoms with E-state index in [0.717, 1.165) is 84.7 Å². The van der Waals surface area contributed by atoms with Gasteiger partial charge < -0.3 is 13.7 Å². The molecule has 1 aliphatic carbocycles. The zero-order valence-corrected chi connectivity index (χ0v) is 30.1. The van der Waals surface area contributed by atoms with Gasteiger partial charge in [-0.1, -0.05) is 121 Å². The van der Waals surface area contributed by atoms with Gasteiger partial charge in [-0.2, -0.15) is 0 Å². The predicted octanol–water partition coefficient (Wildman–Crippen LogP) is 15.2. The molecule has 0 fully saturated rings. The van der Waals surface area contributed by atoms with E-state index in [9.17, 15) is 0 Å². The SMILES string of the molecule is C1=CCCC(c2ccc3c(c2)oc2c4ccccc4c(-c4ccc(N(c5cccc(-c6ccccc6)c5)c5ccc6oc7ccccc7c6c5)cc4)cc32)=C1. The van der Waals surface area contributed by atoms with Crippen molar-refractivity contribution < 1.29 is 8.83 Å². The average Bonchev–Trinajstić information content (AvgIpc) is 3.82. The van der Waals surface area contributed by atoms with Crippen LogP contribution in [-0.4, -0.2) is 0 Å². The van der Waals surface area contributed by atoms with Crippen molar-refractivity contribution in [3.05, 3.63) is 194 Å². The fourth-order valence-electron chi connectivity index (χ4n) is 8.43. The Labute approximate surface area is 318 Å². The first kappa shape index (κ1) is 31.4. The largest absolute Gasteiger partial charge is 0.456 e. The van der Waals surface area contributed by atoms with Crippen molar-refractivity contribution in [2.24, 2.45) is 0 Å². The first-order valence-corrected chi connectivity index (χ1v) is 19.0. The summed E-state index contributed by atoms with van der Waals surface area (Å²) in [5.74, 6) is 0. The Morgan fingerprint density at radius 1 is 0.400 bits per heavy atom. The molecule has 3 nitrogen and oxygen atoms in total. The quantitative estimate of drug-likeness (QED) is 0.172. The van der Waals surface area contributed by atoms with Crippen LogP contribution in [0.25, 0.3) is 82.5 Å². The van der Waals surface area contributed by atoms with Crippen LogP contribution in [0.2, 0.25) is 0 Å². The molecule has 0 N–H and O–H groups in total. The van der Waals surface area contributed by atoms with Crippen molar-refractivity contribution in [1.29, 1.82) is 0 Å². The lowest BCUT2D eigenvalue weighted by Crippen LogP contribution is -2.10. The second-order valence-corrected chi connectivity index (χ2v) is 14.4. The average molecular weight is 706 g/mol. The van der Waals surface area contributed by atoms with Crippen molar-refractivity contribution >= 4 is 77.3 Å². The van der Waals surface area contributed by atoms with E-state index >= 15 is 0 Å². The Bertz CT molecular complexity index is 3140. The number of hydrogen-bond donors (Lipinski definition) is 0. The van der Waals surface area contributed by atoms with E-state index < -0.39 is 0 Å². The van der Waals surface area contributed by atoms with E-state index in [4.69, 9.17) is 8.83 Å². The topological polar surface area (TPSA) is 29.5 Å². The Balaban J connectivity index is 1.05. The molecule has 0 unspecified atom stereocenters. The van der Waals surface area contributed by atoms with Gasteiger partial charge in [0.15, 0.2) is 0 Å². The lowest BCUT2D eigenvalue weighted by Gasteiger charge is -2.26. The van der Waals surface area contributed by atoms with Crippen LogP contribution in [0.5, 0.6) is 0 Å². The summed E-state index contributed by atoms with van der Waals surface area (Å²) in [6, 6.07) is 60.8. The maximum Gasteiger partial charge on any atom is 0.143 e. The molecule has 0 radical (unpaired) electrons. The molecule has 2 heterocycles. The fourth-order valence-corrected chi connectivity index (χ4v) is 8.43. The summed E-state index contributed by atoms with van der Waals surface area (Å²) in [5.41, 5.74) is 14.1. The predicted molar refractivity (Wildman–Crippen MR) is 230 cm³/mol. The van der Waals surface area contributed by atoms with Crippen LogP contribution in [0, 0.1) is 0 Å². The Kier molecular flexibility index (Phi) is 7.31. The number of rotatable bonds is 6. The highest BCUT2D eigenvalue weighted by molar-refractivity contribution is 6.19. The summed E-state index contributed by atoms with van der Waals surface area (Å²) in [7, 11) is 0. The number of allylic oxidation sites excluding steroid dienone is 4. The third kappa shape index (κ3) is 5.35. The zero-order chi connectivity index (χ0) is 36.3. The number of anilines is 3. The van der Waals surface area contributed by atoms with Crippen LogP contribution in [0.15, 0.2) is 197 Å². The second kappa shape index (κ2) is 12.8. The summed E-state index contributed by atoms with van der Waals surface area (Å²) in [6.45, 7) is 0. The molecule has 1 aliphatic rings. The molecule has 0 saturated carbocycles. The van der Waals surface area contributed by atoms with Gasteiger partial charge in [0, 0.05) is 44.0 Å². The highest BCUT2D eigenvalue weighted by Crippen LogP contribution is 2.43. The minimum Gasteiger partial charge on any atom is -0.456 e. The molecular weight excluding hydrogens is 671 g/mol. The number of nitrogens with zero attached hydrogens (tertiary/aromatic N) is 1. The molecule has 0 saturated heterocycles. The zero-order valence-electron chi connectivity index (χ0n) is 30.1. The summed E-state index contributed by atoms with van der Waals surface area (Å²) < 4.78 is 12.9. The molecule has 55 heavy (non-hydrogen) atoms. The van der Waals surface area contributed by atoms with E-state index in [1.165, 1.54) is 33.2 Å². The summed E-state index contributed by atoms with van der Waals surface area (Å²) in [6.07, 6.45) is 8.74. The standard InChI is InChI=1S/C52H35NO2/c1-3-12-34(13-4-1)37-16-11-17-40(30-37)53(41-27-29-50-47(32-41)43-19-9-10-21-49(43)54-50)39-25-22-36(23-26-39)46-33-48-44-28-24-38(35-14-5-2-6-15-35)31-51(44)55-52(48)45-20-8-7-18-42(45)46/h1-5,7-14,16-33H,6,15H2. The summed E-state index contributed by atoms with van der Waals surface area (Å²) in [5, 5.41) is 6.78. The molecule has 0 amide bonds. The van der Waals surface area contributed by atoms with Gasteiger partial charge in [0.05, 0.1) is 0 Å². The Morgan fingerprint density at radius 2 is 1.11 bits per heavy atom.